The number of likely N-dealkylation sites (tertiary alicyclic amines) is 1. The number of hydrogen-bond donors (Lipinski definition) is 2. The van der Waals surface area contributed by atoms with Crippen molar-refractivity contribution in [1.82, 2.24) is 10.2 Å². The molecule has 0 atom stereocenters. The van der Waals surface area contributed by atoms with Crippen LogP contribution >= 0.6 is 0 Å². The van der Waals surface area contributed by atoms with Crippen LogP contribution in [0.25, 0.3) is 0 Å². The Morgan fingerprint density at radius 3 is 2.27 bits per heavy atom. The zero-order chi connectivity index (χ0) is 21.7. The summed E-state index contributed by atoms with van der Waals surface area (Å²) in [6.07, 6.45) is 1.22. The molecular formula is C21H25N3O5S. The maximum absolute atomic E-state index is 12.7. The molecule has 0 saturated carbocycles. The van der Waals surface area contributed by atoms with Crippen molar-refractivity contribution in [3.05, 3.63) is 54.1 Å². The highest BCUT2D eigenvalue weighted by molar-refractivity contribution is 7.92. The molecule has 0 aliphatic carbocycles. The van der Waals surface area contributed by atoms with E-state index in [2.05, 4.69) is 10.0 Å². The second kappa shape index (κ2) is 9.17. The normalized spacial score (nSPS) is 14.8. The average Bonchev–Trinajstić information content (AvgIpc) is 2.78. The number of rotatable bonds is 6. The number of para-hydroxylation sites is 2. The summed E-state index contributed by atoms with van der Waals surface area (Å²) in [6, 6.07) is 12.5. The standard InChI is InChI=1S/C21H25N3O5S/c1-22-20(25)15-11-13-24(14-12-15)21(26)16-7-9-17(10-8-16)30(27,28)23-18-5-3-4-6-19(18)29-2/h3-10,15,23H,11-14H2,1-2H3,(H,22,25). The van der Waals surface area contributed by atoms with E-state index in [1.807, 2.05) is 0 Å². The molecule has 0 radical (unpaired) electrons. The fraction of sp³-hybridized carbons (Fsp3) is 0.333. The largest absolute Gasteiger partial charge is 0.495 e. The van der Waals surface area contributed by atoms with E-state index in [-0.39, 0.29) is 22.6 Å². The van der Waals surface area contributed by atoms with Gasteiger partial charge in [0.15, 0.2) is 0 Å². The summed E-state index contributed by atoms with van der Waals surface area (Å²) in [5.74, 6) is 0.159. The third-order valence-electron chi connectivity index (χ3n) is 5.16. The number of hydrogen-bond acceptors (Lipinski definition) is 5. The van der Waals surface area contributed by atoms with E-state index in [0.29, 0.717) is 42.9 Å². The number of benzene rings is 2. The van der Waals surface area contributed by atoms with Crippen LogP contribution in [0.4, 0.5) is 5.69 Å². The van der Waals surface area contributed by atoms with Crippen LogP contribution in [-0.2, 0) is 14.8 Å². The fourth-order valence-corrected chi connectivity index (χ4v) is 4.51. The minimum Gasteiger partial charge on any atom is -0.495 e. The molecule has 9 heteroatoms. The lowest BCUT2D eigenvalue weighted by Gasteiger charge is -2.31. The predicted molar refractivity (Wildman–Crippen MR) is 113 cm³/mol. The molecule has 1 heterocycles. The Morgan fingerprint density at radius 2 is 1.67 bits per heavy atom. The molecule has 3 rings (SSSR count). The molecule has 2 amide bonds. The third kappa shape index (κ3) is 4.73. The van der Waals surface area contributed by atoms with Crippen LogP contribution in [0.1, 0.15) is 23.2 Å². The van der Waals surface area contributed by atoms with Crippen molar-refractivity contribution in [2.24, 2.45) is 5.92 Å². The Morgan fingerprint density at radius 1 is 1.03 bits per heavy atom. The van der Waals surface area contributed by atoms with Crippen molar-refractivity contribution in [2.45, 2.75) is 17.7 Å². The van der Waals surface area contributed by atoms with Gasteiger partial charge in [0.05, 0.1) is 17.7 Å². The van der Waals surface area contributed by atoms with E-state index < -0.39 is 10.0 Å². The number of anilines is 1. The van der Waals surface area contributed by atoms with E-state index in [9.17, 15) is 18.0 Å². The van der Waals surface area contributed by atoms with Gasteiger partial charge < -0.3 is 15.0 Å². The van der Waals surface area contributed by atoms with E-state index in [0.717, 1.165) is 0 Å². The first kappa shape index (κ1) is 21.6. The van der Waals surface area contributed by atoms with Gasteiger partial charge in [0, 0.05) is 31.6 Å². The van der Waals surface area contributed by atoms with Crippen LogP contribution in [-0.4, -0.2) is 52.4 Å². The van der Waals surface area contributed by atoms with E-state index in [4.69, 9.17) is 4.74 Å². The molecule has 0 unspecified atom stereocenters. The topological polar surface area (TPSA) is 105 Å². The summed E-state index contributed by atoms with van der Waals surface area (Å²) in [5, 5.41) is 2.64. The lowest BCUT2D eigenvalue weighted by molar-refractivity contribution is -0.125. The van der Waals surface area contributed by atoms with E-state index in [1.165, 1.54) is 31.4 Å². The van der Waals surface area contributed by atoms with Crippen LogP contribution < -0.4 is 14.8 Å². The van der Waals surface area contributed by atoms with E-state index in [1.54, 1.807) is 36.2 Å². The van der Waals surface area contributed by atoms with Gasteiger partial charge in [0.25, 0.3) is 15.9 Å². The Balaban J connectivity index is 1.68. The number of ether oxygens (including phenoxy) is 1. The summed E-state index contributed by atoms with van der Waals surface area (Å²) < 4.78 is 33.0. The van der Waals surface area contributed by atoms with Crippen LogP contribution in [0, 0.1) is 5.92 Å². The molecule has 0 aromatic heterocycles. The highest BCUT2D eigenvalue weighted by atomic mass is 32.2. The summed E-state index contributed by atoms with van der Waals surface area (Å²) in [6.45, 7) is 0.985. The SMILES string of the molecule is CNC(=O)C1CCN(C(=O)c2ccc(S(=O)(=O)Nc3ccccc3OC)cc2)CC1. The van der Waals surface area contributed by atoms with Crippen LogP contribution in [0.15, 0.2) is 53.4 Å². The first-order chi connectivity index (χ1) is 14.4. The minimum atomic E-state index is -3.83. The molecule has 0 bridgehead atoms. The number of amides is 2. The molecular weight excluding hydrogens is 406 g/mol. The molecule has 2 aromatic carbocycles. The Bertz CT molecular complexity index is 1010. The van der Waals surface area contributed by atoms with Gasteiger partial charge in [-0.3, -0.25) is 14.3 Å². The summed E-state index contributed by atoms with van der Waals surface area (Å²) in [5.41, 5.74) is 0.740. The molecule has 8 nitrogen and oxygen atoms in total. The highest BCUT2D eigenvalue weighted by Gasteiger charge is 2.27. The molecule has 1 aliphatic heterocycles. The first-order valence-corrected chi connectivity index (χ1v) is 11.1. The quantitative estimate of drug-likeness (QED) is 0.729. The number of carbonyl (C=O) groups is 2. The van der Waals surface area contributed by atoms with Gasteiger partial charge in [0.1, 0.15) is 5.75 Å². The number of nitrogens with zero attached hydrogens (tertiary/aromatic N) is 1. The Kier molecular flexibility index (Phi) is 6.61. The van der Waals surface area contributed by atoms with Crippen molar-refractivity contribution in [2.75, 3.05) is 32.0 Å². The van der Waals surface area contributed by atoms with Crippen molar-refractivity contribution >= 4 is 27.5 Å². The van der Waals surface area contributed by atoms with E-state index >= 15 is 0 Å². The molecule has 2 aromatic rings. The molecule has 30 heavy (non-hydrogen) atoms. The van der Waals surface area contributed by atoms with Gasteiger partial charge >= 0.3 is 0 Å². The van der Waals surface area contributed by atoms with Crippen molar-refractivity contribution < 1.29 is 22.7 Å². The Hall–Kier alpha value is -3.07. The maximum atomic E-state index is 12.7. The van der Waals surface area contributed by atoms with Gasteiger partial charge in [-0.15, -0.1) is 0 Å². The summed E-state index contributed by atoms with van der Waals surface area (Å²) in [4.78, 5) is 26.2. The highest BCUT2D eigenvalue weighted by Crippen LogP contribution is 2.26. The van der Waals surface area contributed by atoms with Gasteiger partial charge in [-0.05, 0) is 49.2 Å². The van der Waals surface area contributed by atoms with Gasteiger partial charge in [0.2, 0.25) is 5.91 Å². The van der Waals surface area contributed by atoms with Crippen molar-refractivity contribution in [3.63, 3.8) is 0 Å². The van der Waals surface area contributed by atoms with Crippen LogP contribution in [0.2, 0.25) is 0 Å². The third-order valence-corrected chi connectivity index (χ3v) is 6.54. The second-order valence-corrected chi connectivity index (χ2v) is 8.69. The number of methoxy groups -OCH3 is 1. The monoisotopic (exact) mass is 431 g/mol. The fourth-order valence-electron chi connectivity index (χ4n) is 3.44. The number of carbonyl (C=O) groups excluding carboxylic acids is 2. The van der Waals surface area contributed by atoms with Crippen LogP contribution in [0.5, 0.6) is 5.75 Å². The number of sulfonamides is 1. The lowest BCUT2D eigenvalue weighted by atomic mass is 9.95. The lowest BCUT2D eigenvalue weighted by Crippen LogP contribution is -2.42. The minimum absolute atomic E-state index is 0.000736. The molecule has 1 fully saturated rings. The maximum Gasteiger partial charge on any atom is 0.262 e. The average molecular weight is 432 g/mol. The van der Waals surface area contributed by atoms with Crippen molar-refractivity contribution in [3.8, 4) is 5.75 Å². The zero-order valence-electron chi connectivity index (χ0n) is 16.9. The molecule has 160 valence electrons. The predicted octanol–water partition coefficient (Wildman–Crippen LogP) is 2.09. The zero-order valence-corrected chi connectivity index (χ0v) is 17.7. The summed E-state index contributed by atoms with van der Waals surface area (Å²) in [7, 11) is -0.760. The smallest absolute Gasteiger partial charge is 0.262 e. The molecule has 0 spiro atoms. The van der Waals surface area contributed by atoms with Gasteiger partial charge in [-0.25, -0.2) is 8.42 Å². The second-order valence-electron chi connectivity index (χ2n) is 7.01. The Labute approximate surface area is 176 Å². The number of piperidine rings is 1. The van der Waals surface area contributed by atoms with Crippen molar-refractivity contribution in [1.29, 1.82) is 0 Å². The molecule has 1 aliphatic rings. The van der Waals surface area contributed by atoms with Gasteiger partial charge in [-0.1, -0.05) is 12.1 Å². The van der Waals surface area contributed by atoms with Gasteiger partial charge in [-0.2, -0.15) is 0 Å². The number of nitrogens with one attached hydrogen (secondary N) is 2. The van der Waals surface area contributed by atoms with Crippen LogP contribution in [0.3, 0.4) is 0 Å². The molecule has 1 saturated heterocycles. The molecule has 2 N–H and O–H groups in total. The summed E-state index contributed by atoms with van der Waals surface area (Å²) >= 11 is 0. The first-order valence-electron chi connectivity index (χ1n) is 9.62.